The zero-order valence-corrected chi connectivity index (χ0v) is 34.0. The Labute approximate surface area is 346 Å². The molecule has 0 aliphatic rings. The fourth-order valence-corrected chi connectivity index (χ4v) is 7.65. The van der Waals surface area contributed by atoms with Crippen LogP contribution in [0.2, 0.25) is 0 Å². The van der Waals surface area contributed by atoms with E-state index in [4.69, 9.17) is 4.74 Å². The molecule has 0 aliphatic heterocycles. The molecule has 0 fully saturated rings. The topological polar surface area (TPSA) is 174 Å². The molecule has 2 N–H and O–H groups in total. The first-order valence-electron chi connectivity index (χ1n) is 18.7. The number of fused-ring (bicyclic) bond motifs is 4. The van der Waals surface area contributed by atoms with Crippen molar-refractivity contribution >= 4 is 59.2 Å². The first-order valence-corrected chi connectivity index (χ1v) is 20.1. The van der Waals surface area contributed by atoms with E-state index in [0.717, 1.165) is 26.6 Å². The van der Waals surface area contributed by atoms with Gasteiger partial charge in [0.05, 0.1) is 35.7 Å². The van der Waals surface area contributed by atoms with Crippen LogP contribution in [0, 0.1) is 0 Å². The maximum atomic E-state index is 13.8. The number of rotatable bonds is 11. The van der Waals surface area contributed by atoms with E-state index in [1.54, 1.807) is 103 Å². The second-order valence-corrected chi connectivity index (χ2v) is 16.1. The van der Waals surface area contributed by atoms with Gasteiger partial charge in [0.25, 0.3) is 6.43 Å². The molecule has 8 rings (SSSR count). The molecule has 0 aliphatic carbocycles. The number of methoxy groups -OCH3 is 1. The predicted molar refractivity (Wildman–Crippen MR) is 228 cm³/mol. The van der Waals surface area contributed by atoms with Crippen LogP contribution < -0.4 is 15.6 Å². The number of halogens is 3. The number of pyridine rings is 2. The lowest BCUT2D eigenvalue weighted by molar-refractivity contribution is -0.00570. The first-order chi connectivity index (χ1) is 29.1. The number of aryl methyl sites for hydroxylation is 2. The van der Waals surface area contributed by atoms with Gasteiger partial charge in [0.2, 0.25) is 0 Å². The van der Waals surface area contributed by atoms with Crippen LogP contribution in [-0.4, -0.2) is 87.3 Å². The summed E-state index contributed by atoms with van der Waals surface area (Å²) in [5, 5.41) is 20.5. The Hall–Kier alpha value is -6.60. The highest BCUT2D eigenvalue weighted by atomic mass is 32.2. The minimum absolute atomic E-state index is 0.00493. The molecule has 8 aromatic rings. The summed E-state index contributed by atoms with van der Waals surface area (Å²) in [5.41, 5.74) is 3.71. The van der Waals surface area contributed by atoms with E-state index in [0.29, 0.717) is 38.0 Å². The maximum Gasteiger partial charge on any atom is 0.301 e. The van der Waals surface area contributed by atoms with Gasteiger partial charge in [0.1, 0.15) is 12.3 Å². The van der Waals surface area contributed by atoms with Crippen molar-refractivity contribution < 1.29 is 31.4 Å². The van der Waals surface area contributed by atoms with E-state index in [2.05, 4.69) is 24.9 Å². The fraction of sp³-hybridized carbons (Fsp3) is 0.209. The van der Waals surface area contributed by atoms with Crippen molar-refractivity contribution in [1.82, 2.24) is 33.8 Å². The van der Waals surface area contributed by atoms with Gasteiger partial charge in [-0.1, -0.05) is 30.3 Å². The minimum Gasteiger partial charge on any atom is -0.382 e. The minimum atomic E-state index is -4.04. The number of nitrogens with one attached hydrogen (secondary N) is 1. The molecule has 0 amide bonds. The zero-order chi connectivity index (χ0) is 43.6. The van der Waals surface area contributed by atoms with Gasteiger partial charge in [-0.05, 0) is 58.8 Å². The average Bonchev–Trinajstić information content (AvgIpc) is 3.82. The molecule has 2 unspecified atom stereocenters. The van der Waals surface area contributed by atoms with Crippen LogP contribution in [-0.2, 0) is 29.0 Å². The number of aromatic nitrogens is 6. The third-order valence-electron chi connectivity index (χ3n) is 9.90. The summed E-state index contributed by atoms with van der Waals surface area (Å²) in [5.74, 6) is 0. The Bertz CT molecular complexity index is 3170. The predicted octanol–water partition coefficient (Wildman–Crippen LogP) is 6.17. The van der Waals surface area contributed by atoms with Crippen molar-refractivity contribution in [2.24, 2.45) is 14.1 Å². The molecule has 4 aromatic carbocycles. The van der Waals surface area contributed by atoms with E-state index in [9.17, 15) is 36.3 Å². The summed E-state index contributed by atoms with van der Waals surface area (Å²) in [6.07, 6.45) is 4.01. The van der Waals surface area contributed by atoms with Crippen molar-refractivity contribution in [3.8, 4) is 22.3 Å². The van der Waals surface area contributed by atoms with E-state index >= 15 is 0 Å². The number of alkyl halides is 3. The number of anilines is 1. The SMILES string of the molecule is COCC(F)CN(C)S(=O)(=O)Nc1ccc2ccc3ncc(-c4cnn(C)c4)cc3c(=O)c2c1.Cn1cc(-c2cnc3ccc4ccc(C(O)C(F)F)cc4c(=O)c3c2)cn1. The molecule has 0 saturated carbocycles. The number of hydrogen-bond donors (Lipinski definition) is 2. The summed E-state index contributed by atoms with van der Waals surface area (Å²) in [6.45, 7) is -0.583. The molecule has 314 valence electrons. The van der Waals surface area contributed by atoms with Crippen LogP contribution in [0.3, 0.4) is 0 Å². The number of aliphatic hydroxyl groups excluding tert-OH is 1. The Balaban J connectivity index is 0.000000189. The third-order valence-corrected chi connectivity index (χ3v) is 11.4. The van der Waals surface area contributed by atoms with Crippen LogP contribution in [0.5, 0.6) is 0 Å². The van der Waals surface area contributed by atoms with Gasteiger partial charge >= 0.3 is 10.2 Å². The summed E-state index contributed by atoms with van der Waals surface area (Å²) in [6, 6.07) is 19.4. The van der Waals surface area contributed by atoms with Gasteiger partial charge in [-0.2, -0.15) is 22.9 Å². The number of nitrogens with zero attached hydrogens (tertiary/aromatic N) is 7. The van der Waals surface area contributed by atoms with Gasteiger partial charge < -0.3 is 9.84 Å². The molecule has 14 nitrogen and oxygen atoms in total. The molecule has 18 heteroatoms. The summed E-state index contributed by atoms with van der Waals surface area (Å²) >= 11 is 0. The molecular weight excluding hydrogens is 814 g/mol. The van der Waals surface area contributed by atoms with Gasteiger partial charge in [-0.3, -0.25) is 33.6 Å². The Morgan fingerprint density at radius 3 is 1.72 bits per heavy atom. The van der Waals surface area contributed by atoms with Crippen molar-refractivity contribution in [3.05, 3.63) is 136 Å². The van der Waals surface area contributed by atoms with E-state index in [1.165, 1.54) is 32.4 Å². The van der Waals surface area contributed by atoms with Gasteiger partial charge in [0.15, 0.2) is 10.9 Å². The standard InChI is InChI=1S/C23H24FN5O4S.C20H15F2N3O2/c1-28-12-17(11-26-28)16-8-21-22(25-10-16)7-5-15-4-6-19(9-20(15)23(21)30)27-34(31,32)29(2)13-18(24)14-33-3;1-25-10-14(9-24-25)13-7-16-17(23-8-13)5-4-11-2-3-12(18(26)20(21)22)6-15(11)19(16)27/h4-12,18,27H,13-14H2,1-3H3;2-10,18,20,26H,1H3. The molecule has 0 radical (unpaired) electrons. The van der Waals surface area contributed by atoms with Crippen molar-refractivity contribution in [2.45, 2.75) is 18.7 Å². The number of hydrogen-bond acceptors (Lipinski definition) is 10. The highest BCUT2D eigenvalue weighted by molar-refractivity contribution is 7.90. The molecule has 0 saturated heterocycles. The van der Waals surface area contributed by atoms with Crippen molar-refractivity contribution in [1.29, 1.82) is 0 Å². The lowest BCUT2D eigenvalue weighted by Gasteiger charge is -2.20. The van der Waals surface area contributed by atoms with E-state index < -0.39 is 28.9 Å². The van der Waals surface area contributed by atoms with E-state index in [-0.39, 0.29) is 40.6 Å². The summed E-state index contributed by atoms with van der Waals surface area (Å²) in [4.78, 5) is 35.3. The zero-order valence-electron chi connectivity index (χ0n) is 33.2. The second kappa shape index (κ2) is 17.6. The molecule has 4 heterocycles. The number of aliphatic hydroxyl groups is 1. The van der Waals surface area contributed by atoms with Crippen molar-refractivity contribution in [2.75, 3.05) is 32.0 Å². The lowest BCUT2D eigenvalue weighted by atomic mass is 10.0. The highest BCUT2D eigenvalue weighted by Gasteiger charge is 2.22. The van der Waals surface area contributed by atoms with Crippen LogP contribution in [0.15, 0.2) is 120 Å². The summed E-state index contributed by atoms with van der Waals surface area (Å²) < 4.78 is 76.1. The quantitative estimate of drug-likeness (QED) is 0.153. The second-order valence-electron chi connectivity index (χ2n) is 14.3. The van der Waals surface area contributed by atoms with Crippen molar-refractivity contribution in [3.63, 3.8) is 0 Å². The van der Waals surface area contributed by atoms with Gasteiger partial charge in [-0.15, -0.1) is 0 Å². The normalized spacial score (nSPS) is 12.9. The summed E-state index contributed by atoms with van der Waals surface area (Å²) in [7, 11) is 2.16. The Kier molecular flexibility index (Phi) is 12.2. The average molecular weight is 853 g/mol. The smallest absolute Gasteiger partial charge is 0.301 e. The largest absolute Gasteiger partial charge is 0.382 e. The highest BCUT2D eigenvalue weighted by Crippen LogP contribution is 2.27. The van der Waals surface area contributed by atoms with E-state index in [1.807, 2.05) is 12.4 Å². The van der Waals surface area contributed by atoms with Gasteiger partial charge in [-0.25, -0.2) is 13.2 Å². The van der Waals surface area contributed by atoms with Crippen LogP contribution in [0.25, 0.3) is 65.6 Å². The van der Waals surface area contributed by atoms with Crippen LogP contribution in [0.1, 0.15) is 11.7 Å². The Morgan fingerprint density at radius 2 is 1.23 bits per heavy atom. The molecule has 2 atom stereocenters. The Morgan fingerprint density at radius 1 is 0.721 bits per heavy atom. The number of benzene rings is 2. The lowest BCUT2D eigenvalue weighted by Crippen LogP contribution is -2.38. The third kappa shape index (κ3) is 9.26. The number of ether oxygens (including phenoxy) is 1. The molecule has 0 bridgehead atoms. The molecule has 0 spiro atoms. The monoisotopic (exact) mass is 852 g/mol. The van der Waals surface area contributed by atoms with Crippen LogP contribution >= 0.6 is 0 Å². The van der Waals surface area contributed by atoms with Gasteiger partial charge in [0, 0.05) is 103 Å². The fourth-order valence-electron chi connectivity index (χ4n) is 6.71. The maximum absolute atomic E-state index is 13.8. The molecular formula is C43H39F3N8O6S. The first kappa shape index (κ1) is 42.5. The molecule has 4 aromatic heterocycles. The molecule has 61 heavy (non-hydrogen) atoms. The van der Waals surface area contributed by atoms with Crippen LogP contribution in [0.4, 0.5) is 18.9 Å².